The maximum absolute atomic E-state index is 13.3. The molecule has 100 valence electrons. The Balaban J connectivity index is 2.51. The van der Waals surface area contributed by atoms with Crippen LogP contribution >= 0.6 is 11.6 Å². The van der Waals surface area contributed by atoms with Crippen LogP contribution in [0.15, 0.2) is 36.4 Å². The molecule has 0 fully saturated rings. The van der Waals surface area contributed by atoms with Gasteiger partial charge < -0.3 is 5.32 Å². The van der Waals surface area contributed by atoms with E-state index < -0.39 is 11.6 Å². The summed E-state index contributed by atoms with van der Waals surface area (Å²) in [6.07, 6.45) is 0. The molecule has 0 heterocycles. The zero-order valence-electron chi connectivity index (χ0n) is 10.7. The van der Waals surface area contributed by atoms with Gasteiger partial charge in [-0.1, -0.05) is 23.7 Å². The molecule has 4 heteroatoms. The van der Waals surface area contributed by atoms with E-state index in [0.29, 0.717) is 16.1 Å². The molecular weight excluding hydrogens is 268 g/mol. The predicted molar refractivity (Wildman–Crippen MR) is 74.3 cm³/mol. The number of benzene rings is 2. The second-order valence-electron chi connectivity index (χ2n) is 4.38. The lowest BCUT2D eigenvalue weighted by molar-refractivity contribution is 0.509. The summed E-state index contributed by atoms with van der Waals surface area (Å²) in [5.74, 6) is -1.74. The van der Waals surface area contributed by atoms with Crippen LogP contribution in [0.25, 0.3) is 11.1 Å². The topological polar surface area (TPSA) is 12.0 Å². The monoisotopic (exact) mass is 281 g/mol. The number of rotatable bonds is 3. The largest absolute Gasteiger partial charge is 0.313 e. The van der Waals surface area contributed by atoms with Crippen LogP contribution in [-0.2, 0) is 0 Å². The molecular formula is C15H14ClF2N. The number of nitrogens with one attached hydrogen (secondary N) is 1. The molecule has 0 saturated carbocycles. The van der Waals surface area contributed by atoms with Crippen molar-refractivity contribution in [2.75, 3.05) is 7.05 Å². The zero-order valence-corrected chi connectivity index (χ0v) is 11.4. The first-order valence-corrected chi connectivity index (χ1v) is 6.33. The van der Waals surface area contributed by atoms with Crippen molar-refractivity contribution < 1.29 is 8.78 Å². The first kappa shape index (κ1) is 14.0. The van der Waals surface area contributed by atoms with Crippen LogP contribution in [0.5, 0.6) is 0 Å². The van der Waals surface area contributed by atoms with Gasteiger partial charge in [0, 0.05) is 16.6 Å². The van der Waals surface area contributed by atoms with Gasteiger partial charge in [-0.25, -0.2) is 8.78 Å². The van der Waals surface area contributed by atoms with Crippen LogP contribution in [-0.4, -0.2) is 7.05 Å². The predicted octanol–water partition coefficient (Wildman–Crippen LogP) is 4.57. The third kappa shape index (κ3) is 2.94. The maximum Gasteiger partial charge on any atom is 0.159 e. The standard InChI is InChI=1S/C15H14ClF2N/c1-9(19-2)10-3-5-13(16)12(7-10)11-4-6-14(17)15(18)8-11/h3-9,19H,1-2H3. The lowest BCUT2D eigenvalue weighted by Crippen LogP contribution is -2.12. The average molecular weight is 282 g/mol. The van der Waals surface area contributed by atoms with Gasteiger partial charge in [0.1, 0.15) is 0 Å². The highest BCUT2D eigenvalue weighted by molar-refractivity contribution is 6.33. The van der Waals surface area contributed by atoms with Gasteiger partial charge in [-0.15, -0.1) is 0 Å². The van der Waals surface area contributed by atoms with Crippen molar-refractivity contribution in [3.63, 3.8) is 0 Å². The van der Waals surface area contributed by atoms with Crippen LogP contribution < -0.4 is 5.32 Å². The molecule has 2 aromatic rings. The summed E-state index contributed by atoms with van der Waals surface area (Å²) in [6, 6.07) is 9.50. The number of halogens is 3. The van der Waals surface area contributed by atoms with E-state index in [1.165, 1.54) is 6.07 Å². The quantitative estimate of drug-likeness (QED) is 0.869. The van der Waals surface area contributed by atoms with Crippen LogP contribution in [0.4, 0.5) is 8.78 Å². The summed E-state index contributed by atoms with van der Waals surface area (Å²) in [4.78, 5) is 0. The Morgan fingerprint density at radius 2 is 1.79 bits per heavy atom. The summed E-state index contributed by atoms with van der Waals surface area (Å²) in [5.41, 5.74) is 2.29. The van der Waals surface area contributed by atoms with Crippen molar-refractivity contribution in [2.24, 2.45) is 0 Å². The maximum atomic E-state index is 13.3. The minimum absolute atomic E-state index is 0.154. The van der Waals surface area contributed by atoms with E-state index >= 15 is 0 Å². The molecule has 2 rings (SSSR count). The molecule has 0 saturated heterocycles. The van der Waals surface area contributed by atoms with E-state index in [2.05, 4.69) is 5.32 Å². The fourth-order valence-electron chi connectivity index (χ4n) is 1.86. The van der Waals surface area contributed by atoms with Crippen molar-refractivity contribution >= 4 is 11.6 Å². The van der Waals surface area contributed by atoms with Gasteiger partial charge in [0.05, 0.1) is 0 Å². The van der Waals surface area contributed by atoms with Crippen LogP contribution in [0.3, 0.4) is 0 Å². The SMILES string of the molecule is CNC(C)c1ccc(Cl)c(-c2ccc(F)c(F)c2)c1. The summed E-state index contributed by atoms with van der Waals surface area (Å²) in [6.45, 7) is 2.01. The van der Waals surface area contributed by atoms with E-state index in [9.17, 15) is 8.78 Å². The van der Waals surface area contributed by atoms with Gasteiger partial charge in [-0.3, -0.25) is 0 Å². The van der Waals surface area contributed by atoms with Crippen LogP contribution in [0, 0.1) is 11.6 Å². The molecule has 1 unspecified atom stereocenters. The fourth-order valence-corrected chi connectivity index (χ4v) is 2.09. The number of hydrogen-bond donors (Lipinski definition) is 1. The first-order valence-electron chi connectivity index (χ1n) is 5.95. The van der Waals surface area contributed by atoms with Gasteiger partial charge in [0.2, 0.25) is 0 Å². The lowest BCUT2D eigenvalue weighted by atomic mass is 10.00. The van der Waals surface area contributed by atoms with E-state index in [1.807, 2.05) is 26.1 Å². The molecule has 0 aliphatic heterocycles. The summed E-state index contributed by atoms with van der Waals surface area (Å²) in [7, 11) is 1.86. The Labute approximate surface area is 116 Å². The third-order valence-electron chi connectivity index (χ3n) is 3.15. The Morgan fingerprint density at radius 3 is 2.42 bits per heavy atom. The van der Waals surface area contributed by atoms with Crippen molar-refractivity contribution in [1.29, 1.82) is 0 Å². The smallest absolute Gasteiger partial charge is 0.159 e. The Bertz CT molecular complexity index is 599. The molecule has 0 aromatic heterocycles. The van der Waals surface area contributed by atoms with Gasteiger partial charge in [-0.2, -0.15) is 0 Å². The third-order valence-corrected chi connectivity index (χ3v) is 3.48. The molecule has 19 heavy (non-hydrogen) atoms. The van der Waals surface area contributed by atoms with E-state index in [4.69, 9.17) is 11.6 Å². The van der Waals surface area contributed by atoms with Gasteiger partial charge in [-0.05, 0) is 49.4 Å². The zero-order chi connectivity index (χ0) is 14.0. The van der Waals surface area contributed by atoms with Crippen molar-refractivity contribution in [1.82, 2.24) is 5.32 Å². The summed E-state index contributed by atoms with van der Waals surface area (Å²) in [5, 5.41) is 3.63. The minimum atomic E-state index is -0.874. The Hall–Kier alpha value is -1.45. The molecule has 0 amide bonds. The molecule has 0 spiro atoms. The molecule has 0 bridgehead atoms. The van der Waals surface area contributed by atoms with Crippen molar-refractivity contribution in [3.05, 3.63) is 58.6 Å². The molecule has 1 nitrogen and oxygen atoms in total. The second kappa shape index (κ2) is 5.68. The fraction of sp³-hybridized carbons (Fsp3) is 0.200. The van der Waals surface area contributed by atoms with E-state index in [-0.39, 0.29) is 6.04 Å². The summed E-state index contributed by atoms with van der Waals surface area (Å²) < 4.78 is 26.3. The Kier molecular flexibility index (Phi) is 4.17. The van der Waals surface area contributed by atoms with Gasteiger partial charge in [0.25, 0.3) is 0 Å². The summed E-state index contributed by atoms with van der Waals surface area (Å²) >= 11 is 6.13. The van der Waals surface area contributed by atoms with Crippen molar-refractivity contribution in [3.8, 4) is 11.1 Å². The van der Waals surface area contributed by atoms with Gasteiger partial charge in [0.15, 0.2) is 11.6 Å². The molecule has 0 aliphatic carbocycles. The minimum Gasteiger partial charge on any atom is -0.313 e. The molecule has 2 aromatic carbocycles. The highest BCUT2D eigenvalue weighted by atomic mass is 35.5. The first-order chi connectivity index (χ1) is 9.02. The van der Waals surface area contributed by atoms with Gasteiger partial charge >= 0.3 is 0 Å². The number of hydrogen-bond acceptors (Lipinski definition) is 1. The molecule has 0 radical (unpaired) electrons. The molecule has 0 aliphatic rings. The Morgan fingerprint density at radius 1 is 1.05 bits per heavy atom. The average Bonchev–Trinajstić information content (AvgIpc) is 2.41. The van der Waals surface area contributed by atoms with E-state index in [0.717, 1.165) is 17.7 Å². The highest BCUT2D eigenvalue weighted by Crippen LogP contribution is 2.31. The lowest BCUT2D eigenvalue weighted by Gasteiger charge is -2.13. The second-order valence-corrected chi connectivity index (χ2v) is 4.79. The van der Waals surface area contributed by atoms with Crippen LogP contribution in [0.2, 0.25) is 5.02 Å². The van der Waals surface area contributed by atoms with Crippen molar-refractivity contribution in [2.45, 2.75) is 13.0 Å². The molecule has 1 N–H and O–H groups in total. The normalized spacial score (nSPS) is 12.5. The van der Waals surface area contributed by atoms with Crippen LogP contribution in [0.1, 0.15) is 18.5 Å². The van der Waals surface area contributed by atoms with E-state index in [1.54, 1.807) is 6.07 Å². The molecule has 1 atom stereocenters. The highest BCUT2D eigenvalue weighted by Gasteiger charge is 2.10.